The molecule has 0 spiro atoms. The first kappa shape index (κ1) is 15.7. The Morgan fingerprint density at radius 1 is 1.43 bits per heavy atom. The van der Waals surface area contributed by atoms with E-state index in [1.807, 2.05) is 0 Å². The molecule has 0 aliphatic heterocycles. The van der Waals surface area contributed by atoms with E-state index in [1.165, 1.54) is 0 Å². The Morgan fingerprint density at radius 3 is 2.21 bits per heavy atom. The van der Waals surface area contributed by atoms with Gasteiger partial charge in [0.15, 0.2) is 0 Å². The van der Waals surface area contributed by atoms with E-state index in [2.05, 4.69) is 26.1 Å². The third-order valence-electron chi connectivity index (χ3n) is 1.57. The van der Waals surface area contributed by atoms with Crippen molar-refractivity contribution >= 4 is 6.03 Å². The van der Waals surface area contributed by atoms with Gasteiger partial charge < -0.3 is 16.8 Å². The molecule has 0 aromatic carbocycles. The lowest BCUT2D eigenvalue weighted by Gasteiger charge is -1.96. The van der Waals surface area contributed by atoms with Gasteiger partial charge in [0.2, 0.25) is 0 Å². The number of hydrogen-bond donors (Lipinski definition) is 3. The van der Waals surface area contributed by atoms with E-state index in [0.717, 1.165) is 31.7 Å². The summed E-state index contributed by atoms with van der Waals surface area (Å²) in [6.45, 7) is 7.94. The summed E-state index contributed by atoms with van der Waals surface area (Å²) in [7, 11) is 0. The summed E-state index contributed by atoms with van der Waals surface area (Å²) in [5.74, 6) is 0.773. The van der Waals surface area contributed by atoms with Crippen molar-refractivity contribution in [2.45, 2.75) is 40.0 Å². The number of nitrogens with one attached hydrogen (secondary N) is 1. The summed E-state index contributed by atoms with van der Waals surface area (Å²) in [5, 5.41) is 2.49. The fraction of sp³-hybridized carbons (Fsp3) is 0.900. The topological polar surface area (TPSA) is 81.1 Å². The van der Waals surface area contributed by atoms with Gasteiger partial charge in [-0.05, 0) is 25.3 Å². The summed E-state index contributed by atoms with van der Waals surface area (Å²) in [4.78, 5) is 9.99. The van der Waals surface area contributed by atoms with Gasteiger partial charge in [0.25, 0.3) is 0 Å². The van der Waals surface area contributed by atoms with Crippen LogP contribution in [-0.4, -0.2) is 19.1 Å². The minimum Gasteiger partial charge on any atom is -0.352 e. The van der Waals surface area contributed by atoms with Crippen molar-refractivity contribution in [2.75, 3.05) is 13.1 Å². The van der Waals surface area contributed by atoms with Gasteiger partial charge >= 0.3 is 6.03 Å². The Labute approximate surface area is 87.4 Å². The highest BCUT2D eigenvalue weighted by molar-refractivity contribution is 5.71. The average Bonchev–Trinajstić information content (AvgIpc) is 2.05. The van der Waals surface area contributed by atoms with Crippen LogP contribution < -0.4 is 16.8 Å². The van der Waals surface area contributed by atoms with Crippen molar-refractivity contribution in [3.63, 3.8) is 0 Å². The van der Waals surface area contributed by atoms with Crippen LogP contribution >= 0.6 is 0 Å². The molecule has 4 nitrogen and oxygen atoms in total. The molecular formula is C10H25N3O. The maximum atomic E-state index is 9.99. The molecule has 2 amide bonds. The Kier molecular flexibility index (Phi) is 13.7. The van der Waals surface area contributed by atoms with Gasteiger partial charge in [-0.25, -0.2) is 4.79 Å². The third-order valence-corrected chi connectivity index (χ3v) is 1.57. The molecule has 86 valence electrons. The predicted molar refractivity (Wildman–Crippen MR) is 61.0 cm³/mol. The fourth-order valence-electron chi connectivity index (χ4n) is 0.722. The molecule has 0 bridgehead atoms. The van der Waals surface area contributed by atoms with Crippen molar-refractivity contribution in [1.29, 1.82) is 0 Å². The molecule has 0 aliphatic rings. The molecule has 0 aromatic rings. The lowest BCUT2D eigenvalue weighted by molar-refractivity contribution is 0.249. The van der Waals surface area contributed by atoms with Crippen molar-refractivity contribution < 1.29 is 4.79 Å². The van der Waals surface area contributed by atoms with Crippen LogP contribution in [0.5, 0.6) is 0 Å². The van der Waals surface area contributed by atoms with Crippen LogP contribution in [0.4, 0.5) is 4.79 Å². The highest BCUT2D eigenvalue weighted by Gasteiger charge is 1.86. The Morgan fingerprint density at radius 2 is 2.00 bits per heavy atom. The van der Waals surface area contributed by atoms with Crippen LogP contribution in [0.3, 0.4) is 0 Å². The molecule has 0 unspecified atom stereocenters. The first-order valence-corrected chi connectivity index (χ1v) is 5.27. The quantitative estimate of drug-likeness (QED) is 0.591. The Hall–Kier alpha value is -0.770. The SMILES string of the molecule is CC(C)CCN.CCCCNC(N)=O. The lowest BCUT2D eigenvalue weighted by Crippen LogP contribution is -2.29. The second-order valence-corrected chi connectivity index (χ2v) is 3.62. The van der Waals surface area contributed by atoms with Crippen LogP contribution in [-0.2, 0) is 0 Å². The molecule has 0 aliphatic carbocycles. The number of urea groups is 1. The molecule has 0 radical (unpaired) electrons. The number of amides is 2. The van der Waals surface area contributed by atoms with Gasteiger partial charge in [-0.3, -0.25) is 0 Å². The number of unbranched alkanes of at least 4 members (excludes halogenated alkanes) is 1. The number of primary amides is 1. The number of carbonyl (C=O) groups excluding carboxylic acids is 1. The largest absolute Gasteiger partial charge is 0.352 e. The zero-order valence-electron chi connectivity index (χ0n) is 9.68. The molecule has 0 heterocycles. The average molecular weight is 203 g/mol. The molecule has 5 N–H and O–H groups in total. The first-order valence-electron chi connectivity index (χ1n) is 5.27. The zero-order chi connectivity index (χ0) is 11.4. The molecule has 14 heavy (non-hydrogen) atoms. The second-order valence-electron chi connectivity index (χ2n) is 3.62. The van der Waals surface area contributed by atoms with Crippen molar-refractivity contribution in [2.24, 2.45) is 17.4 Å². The molecule has 0 saturated carbocycles. The van der Waals surface area contributed by atoms with Crippen molar-refractivity contribution in [3.8, 4) is 0 Å². The fourth-order valence-corrected chi connectivity index (χ4v) is 0.722. The maximum Gasteiger partial charge on any atom is 0.312 e. The van der Waals surface area contributed by atoms with Crippen molar-refractivity contribution in [1.82, 2.24) is 5.32 Å². The van der Waals surface area contributed by atoms with Crippen molar-refractivity contribution in [3.05, 3.63) is 0 Å². The number of rotatable bonds is 5. The molecule has 0 rings (SSSR count). The highest BCUT2D eigenvalue weighted by atomic mass is 16.2. The number of carbonyl (C=O) groups is 1. The summed E-state index contributed by atoms with van der Waals surface area (Å²) < 4.78 is 0. The maximum absolute atomic E-state index is 9.99. The number of nitrogens with two attached hydrogens (primary N) is 2. The van der Waals surface area contributed by atoms with Gasteiger partial charge in [0.1, 0.15) is 0 Å². The molecule has 0 atom stereocenters. The van der Waals surface area contributed by atoms with Gasteiger partial charge in [-0.15, -0.1) is 0 Å². The summed E-state index contributed by atoms with van der Waals surface area (Å²) in [6.07, 6.45) is 3.24. The highest BCUT2D eigenvalue weighted by Crippen LogP contribution is 1.93. The van der Waals surface area contributed by atoms with Crippen LogP contribution in [0.2, 0.25) is 0 Å². The molecule has 0 aromatic heterocycles. The van der Waals surface area contributed by atoms with E-state index in [1.54, 1.807) is 0 Å². The second kappa shape index (κ2) is 12.2. The minimum absolute atomic E-state index is 0.432. The van der Waals surface area contributed by atoms with Crippen LogP contribution in [0, 0.1) is 5.92 Å². The summed E-state index contributed by atoms with van der Waals surface area (Å²) in [6, 6.07) is -0.432. The van der Waals surface area contributed by atoms with Gasteiger partial charge in [0.05, 0.1) is 0 Å². The first-order chi connectivity index (χ1) is 6.54. The lowest BCUT2D eigenvalue weighted by atomic mass is 10.1. The molecule has 4 heteroatoms. The zero-order valence-corrected chi connectivity index (χ0v) is 9.68. The normalized spacial score (nSPS) is 9.21. The molecule has 0 saturated heterocycles. The van der Waals surface area contributed by atoms with E-state index in [9.17, 15) is 4.79 Å². The van der Waals surface area contributed by atoms with Crippen LogP contribution in [0.25, 0.3) is 0 Å². The minimum atomic E-state index is -0.432. The van der Waals surface area contributed by atoms with E-state index >= 15 is 0 Å². The van der Waals surface area contributed by atoms with E-state index in [0.29, 0.717) is 6.54 Å². The van der Waals surface area contributed by atoms with Gasteiger partial charge in [-0.1, -0.05) is 27.2 Å². The van der Waals surface area contributed by atoms with Gasteiger partial charge in [-0.2, -0.15) is 0 Å². The van der Waals surface area contributed by atoms with E-state index in [-0.39, 0.29) is 0 Å². The van der Waals surface area contributed by atoms with Gasteiger partial charge in [0, 0.05) is 6.54 Å². The predicted octanol–water partition coefficient (Wildman–Crippen LogP) is 1.45. The van der Waals surface area contributed by atoms with E-state index < -0.39 is 6.03 Å². The van der Waals surface area contributed by atoms with E-state index in [4.69, 9.17) is 11.5 Å². The monoisotopic (exact) mass is 203 g/mol. The summed E-state index contributed by atoms with van der Waals surface area (Å²) in [5.41, 5.74) is 10.0. The summed E-state index contributed by atoms with van der Waals surface area (Å²) >= 11 is 0. The molecule has 0 fully saturated rings. The number of hydrogen-bond acceptors (Lipinski definition) is 2. The van der Waals surface area contributed by atoms with Crippen LogP contribution in [0.1, 0.15) is 40.0 Å². The standard InChI is InChI=1S/C5H12N2O.C5H13N/c1-2-3-4-7-5(6)8;1-5(2)3-4-6/h2-4H2,1H3,(H3,6,7,8);5H,3-4,6H2,1-2H3. The Bertz CT molecular complexity index is 127. The Balaban J connectivity index is 0. The van der Waals surface area contributed by atoms with Crippen LogP contribution in [0.15, 0.2) is 0 Å². The smallest absolute Gasteiger partial charge is 0.312 e. The third kappa shape index (κ3) is 22.5. The molecular weight excluding hydrogens is 178 g/mol.